The summed E-state index contributed by atoms with van der Waals surface area (Å²) >= 11 is 9.19. The van der Waals surface area contributed by atoms with Crippen molar-refractivity contribution < 1.29 is 9.53 Å². The average molecular weight is 359 g/mol. The van der Waals surface area contributed by atoms with Crippen LogP contribution >= 0.6 is 27.5 Å². The van der Waals surface area contributed by atoms with Crippen LogP contribution < -0.4 is 10.1 Å². The summed E-state index contributed by atoms with van der Waals surface area (Å²) in [5.41, 5.74) is 1.32. The van der Waals surface area contributed by atoms with Crippen molar-refractivity contribution in [2.45, 2.75) is 25.7 Å². The van der Waals surface area contributed by atoms with Gasteiger partial charge < -0.3 is 10.1 Å². The molecule has 1 N–H and O–H groups in total. The molecule has 0 bridgehead atoms. The van der Waals surface area contributed by atoms with E-state index in [4.69, 9.17) is 16.3 Å². The molecule has 1 aromatic rings. The molecule has 5 heteroatoms. The molecule has 3 nitrogen and oxygen atoms in total. The zero-order valence-electron chi connectivity index (χ0n) is 11.1. The number of allylic oxidation sites excluding steroid dienone is 1. The van der Waals surface area contributed by atoms with Gasteiger partial charge in [-0.05, 0) is 59.8 Å². The maximum absolute atomic E-state index is 11.7. The molecule has 1 aliphatic carbocycles. The SMILES string of the molecule is O=C(COc1ccc(Cl)cc1Br)NCC1=CCCCC1. The molecule has 1 aliphatic rings. The number of carbonyl (C=O) groups excluding carboxylic acids is 1. The van der Waals surface area contributed by atoms with Gasteiger partial charge in [-0.2, -0.15) is 0 Å². The number of hydrogen-bond donors (Lipinski definition) is 1. The quantitative estimate of drug-likeness (QED) is 0.805. The van der Waals surface area contributed by atoms with Gasteiger partial charge in [-0.15, -0.1) is 0 Å². The smallest absolute Gasteiger partial charge is 0.258 e. The molecule has 0 unspecified atom stereocenters. The number of benzene rings is 1. The van der Waals surface area contributed by atoms with Gasteiger partial charge in [0.1, 0.15) is 5.75 Å². The average Bonchev–Trinajstić information content (AvgIpc) is 2.45. The van der Waals surface area contributed by atoms with Crippen molar-refractivity contribution in [3.63, 3.8) is 0 Å². The third kappa shape index (κ3) is 4.84. The maximum Gasteiger partial charge on any atom is 0.258 e. The number of hydrogen-bond acceptors (Lipinski definition) is 2. The molecule has 1 aromatic carbocycles. The van der Waals surface area contributed by atoms with Crippen LogP contribution in [0.1, 0.15) is 25.7 Å². The molecular weight excluding hydrogens is 342 g/mol. The Morgan fingerprint density at radius 2 is 2.25 bits per heavy atom. The lowest BCUT2D eigenvalue weighted by molar-refractivity contribution is -0.122. The Morgan fingerprint density at radius 3 is 2.95 bits per heavy atom. The summed E-state index contributed by atoms with van der Waals surface area (Å²) in [7, 11) is 0. The molecule has 0 aliphatic heterocycles. The lowest BCUT2D eigenvalue weighted by atomic mass is 10.00. The zero-order chi connectivity index (χ0) is 14.4. The standard InChI is InChI=1S/C15H17BrClNO2/c16-13-8-12(17)6-7-14(13)20-10-15(19)18-9-11-4-2-1-3-5-11/h4,6-8H,1-3,5,9-10H2,(H,18,19). The number of halogens is 2. The van der Waals surface area contributed by atoms with E-state index >= 15 is 0 Å². The summed E-state index contributed by atoms with van der Waals surface area (Å²) in [6, 6.07) is 5.21. The predicted molar refractivity (Wildman–Crippen MR) is 84.2 cm³/mol. The lowest BCUT2D eigenvalue weighted by Gasteiger charge is -2.14. The van der Waals surface area contributed by atoms with Crippen molar-refractivity contribution in [2.75, 3.05) is 13.2 Å². The van der Waals surface area contributed by atoms with E-state index < -0.39 is 0 Å². The Bertz CT molecular complexity index is 517. The second-order valence-electron chi connectivity index (χ2n) is 4.75. The molecule has 0 atom stereocenters. The highest BCUT2D eigenvalue weighted by Crippen LogP contribution is 2.27. The van der Waals surface area contributed by atoms with Crippen LogP contribution in [0.2, 0.25) is 5.02 Å². The molecule has 2 rings (SSSR count). The van der Waals surface area contributed by atoms with Crippen molar-refractivity contribution in [1.29, 1.82) is 0 Å². The van der Waals surface area contributed by atoms with Gasteiger partial charge in [0.25, 0.3) is 5.91 Å². The van der Waals surface area contributed by atoms with Gasteiger partial charge >= 0.3 is 0 Å². The number of ether oxygens (including phenoxy) is 1. The summed E-state index contributed by atoms with van der Waals surface area (Å²) in [5, 5.41) is 3.50. The van der Waals surface area contributed by atoms with Gasteiger partial charge in [0.05, 0.1) is 4.47 Å². The first kappa shape index (κ1) is 15.4. The van der Waals surface area contributed by atoms with E-state index in [1.54, 1.807) is 18.2 Å². The van der Waals surface area contributed by atoms with E-state index in [0.717, 1.165) is 17.3 Å². The van der Waals surface area contributed by atoms with Crippen molar-refractivity contribution in [1.82, 2.24) is 5.32 Å². The molecule has 0 aromatic heterocycles. The zero-order valence-corrected chi connectivity index (χ0v) is 13.5. The molecule has 0 spiro atoms. The molecule has 20 heavy (non-hydrogen) atoms. The number of nitrogens with one attached hydrogen (secondary N) is 1. The van der Waals surface area contributed by atoms with Crippen LogP contribution in [0.25, 0.3) is 0 Å². The van der Waals surface area contributed by atoms with Crippen LogP contribution in [-0.2, 0) is 4.79 Å². The van der Waals surface area contributed by atoms with Crippen LogP contribution in [0.15, 0.2) is 34.3 Å². The number of rotatable bonds is 5. The van der Waals surface area contributed by atoms with Crippen molar-refractivity contribution >= 4 is 33.4 Å². The molecule has 0 heterocycles. The Kier molecular flexibility index (Phi) is 5.92. The fourth-order valence-electron chi connectivity index (χ4n) is 2.06. The molecule has 0 saturated carbocycles. The van der Waals surface area contributed by atoms with Gasteiger partial charge in [0, 0.05) is 11.6 Å². The minimum absolute atomic E-state index is 0.00745. The van der Waals surface area contributed by atoms with Gasteiger partial charge in [0.15, 0.2) is 6.61 Å². The topological polar surface area (TPSA) is 38.3 Å². The summed E-state index contributed by atoms with van der Waals surface area (Å²) in [6.07, 6.45) is 6.91. The van der Waals surface area contributed by atoms with Crippen LogP contribution in [0.3, 0.4) is 0 Å². The van der Waals surface area contributed by atoms with Crippen molar-refractivity contribution in [3.8, 4) is 5.75 Å². The molecular formula is C15H17BrClNO2. The summed E-state index contributed by atoms with van der Waals surface area (Å²) < 4.78 is 6.20. The van der Waals surface area contributed by atoms with Crippen LogP contribution in [0, 0.1) is 0 Å². The fourth-order valence-corrected chi connectivity index (χ4v) is 2.86. The van der Waals surface area contributed by atoms with Gasteiger partial charge in [0.2, 0.25) is 0 Å². The highest BCUT2D eigenvalue weighted by molar-refractivity contribution is 9.10. The van der Waals surface area contributed by atoms with E-state index in [0.29, 0.717) is 17.3 Å². The van der Waals surface area contributed by atoms with E-state index in [1.807, 2.05) is 0 Å². The van der Waals surface area contributed by atoms with Crippen LogP contribution in [0.5, 0.6) is 5.75 Å². The van der Waals surface area contributed by atoms with Crippen LogP contribution in [0.4, 0.5) is 0 Å². The molecule has 0 saturated heterocycles. The predicted octanol–water partition coefficient (Wildman–Crippen LogP) is 4.10. The monoisotopic (exact) mass is 357 g/mol. The summed E-state index contributed by atoms with van der Waals surface area (Å²) in [6.45, 7) is 0.636. The minimum atomic E-state index is -0.113. The van der Waals surface area contributed by atoms with Crippen molar-refractivity contribution in [2.24, 2.45) is 0 Å². The second kappa shape index (κ2) is 7.70. The first-order valence-electron chi connectivity index (χ1n) is 6.67. The fraction of sp³-hybridized carbons (Fsp3) is 0.400. The van der Waals surface area contributed by atoms with Gasteiger partial charge in [-0.3, -0.25) is 4.79 Å². The van der Waals surface area contributed by atoms with Gasteiger partial charge in [-0.25, -0.2) is 0 Å². The Morgan fingerprint density at radius 1 is 1.40 bits per heavy atom. The Hall–Kier alpha value is -1.00. The Labute approximate surface area is 132 Å². The minimum Gasteiger partial charge on any atom is -0.483 e. The highest BCUT2D eigenvalue weighted by Gasteiger charge is 2.08. The number of carbonyl (C=O) groups is 1. The summed E-state index contributed by atoms with van der Waals surface area (Å²) in [5.74, 6) is 0.500. The first-order valence-corrected chi connectivity index (χ1v) is 7.85. The van der Waals surface area contributed by atoms with E-state index in [2.05, 4.69) is 27.3 Å². The third-order valence-corrected chi connectivity index (χ3v) is 4.01. The normalized spacial score (nSPS) is 14.6. The van der Waals surface area contributed by atoms with E-state index in [-0.39, 0.29) is 12.5 Å². The molecule has 1 amide bonds. The van der Waals surface area contributed by atoms with Crippen LogP contribution in [-0.4, -0.2) is 19.1 Å². The summed E-state index contributed by atoms with van der Waals surface area (Å²) in [4.78, 5) is 11.7. The Balaban J connectivity index is 1.75. The van der Waals surface area contributed by atoms with Crippen molar-refractivity contribution in [3.05, 3.63) is 39.3 Å². The largest absolute Gasteiger partial charge is 0.483 e. The van der Waals surface area contributed by atoms with E-state index in [9.17, 15) is 4.79 Å². The van der Waals surface area contributed by atoms with Gasteiger partial charge in [-0.1, -0.05) is 23.3 Å². The second-order valence-corrected chi connectivity index (χ2v) is 6.04. The lowest BCUT2D eigenvalue weighted by Crippen LogP contribution is -2.30. The highest BCUT2D eigenvalue weighted by atomic mass is 79.9. The third-order valence-electron chi connectivity index (χ3n) is 3.15. The molecule has 0 radical (unpaired) electrons. The number of amides is 1. The molecule has 108 valence electrons. The molecule has 0 fully saturated rings. The van der Waals surface area contributed by atoms with E-state index in [1.165, 1.54) is 18.4 Å². The first-order chi connectivity index (χ1) is 9.65. The maximum atomic E-state index is 11.7.